The van der Waals surface area contributed by atoms with Crippen molar-refractivity contribution in [1.82, 2.24) is 9.78 Å². The second-order valence-corrected chi connectivity index (χ2v) is 4.27. The highest BCUT2D eigenvalue weighted by Gasteiger charge is 2.12. The zero-order chi connectivity index (χ0) is 11.1. The molecule has 80 valence electrons. The Morgan fingerprint density at radius 3 is 2.88 bits per heavy atom. The van der Waals surface area contributed by atoms with Crippen molar-refractivity contribution in [3.05, 3.63) is 36.2 Å². The van der Waals surface area contributed by atoms with Crippen LogP contribution in [0.3, 0.4) is 0 Å². The van der Waals surface area contributed by atoms with E-state index in [2.05, 4.69) is 35.2 Å². The van der Waals surface area contributed by atoms with Gasteiger partial charge in [-0.05, 0) is 30.2 Å². The molecule has 1 aromatic heterocycles. The van der Waals surface area contributed by atoms with Crippen LogP contribution in [0.2, 0.25) is 0 Å². The summed E-state index contributed by atoms with van der Waals surface area (Å²) >= 11 is 0. The summed E-state index contributed by atoms with van der Waals surface area (Å²) in [4.78, 5) is 4.49. The van der Waals surface area contributed by atoms with Crippen LogP contribution < -0.4 is 0 Å². The van der Waals surface area contributed by atoms with E-state index >= 15 is 0 Å². The molecule has 0 amide bonds. The molecule has 3 nitrogen and oxygen atoms in total. The lowest BCUT2D eigenvalue weighted by molar-refractivity contribution is 0.768. The zero-order valence-electron chi connectivity index (χ0n) is 9.44. The molecule has 16 heavy (non-hydrogen) atoms. The molecule has 0 spiro atoms. The fourth-order valence-corrected chi connectivity index (χ4v) is 2.11. The highest BCUT2D eigenvalue weighted by Crippen LogP contribution is 2.31. The molecule has 0 N–H and O–H groups in total. The molecular weight excluding hydrogens is 198 g/mol. The third kappa shape index (κ3) is 1.45. The van der Waals surface area contributed by atoms with Crippen LogP contribution >= 0.6 is 0 Å². The lowest BCUT2D eigenvalue weighted by Gasteiger charge is -2.01. The van der Waals surface area contributed by atoms with E-state index in [4.69, 9.17) is 0 Å². The Labute approximate surface area is 94.4 Å². The highest BCUT2D eigenvalue weighted by atomic mass is 15.2. The molecule has 0 unspecified atom stereocenters. The average Bonchev–Trinajstić information content (AvgIpc) is 2.81. The van der Waals surface area contributed by atoms with Gasteiger partial charge in [-0.15, -0.1) is 0 Å². The molecule has 3 heteroatoms. The van der Waals surface area contributed by atoms with Gasteiger partial charge in [0.25, 0.3) is 0 Å². The van der Waals surface area contributed by atoms with Gasteiger partial charge in [-0.3, -0.25) is 9.67 Å². The Kier molecular flexibility index (Phi) is 1.93. The first-order chi connectivity index (χ1) is 7.72. The molecule has 0 radical (unpaired) electrons. The van der Waals surface area contributed by atoms with Gasteiger partial charge < -0.3 is 0 Å². The van der Waals surface area contributed by atoms with E-state index in [1.807, 2.05) is 24.1 Å². The number of aryl methyl sites for hydroxylation is 1. The van der Waals surface area contributed by atoms with E-state index in [-0.39, 0.29) is 0 Å². The maximum atomic E-state index is 4.49. The molecule has 2 aromatic rings. The molecule has 1 aliphatic rings. The molecule has 0 atom stereocenters. The number of aliphatic imine (C=N–C) groups is 1. The second kappa shape index (κ2) is 3.30. The summed E-state index contributed by atoms with van der Waals surface area (Å²) in [6.07, 6.45) is 4.90. The molecule has 0 saturated heterocycles. The van der Waals surface area contributed by atoms with Gasteiger partial charge >= 0.3 is 0 Å². The van der Waals surface area contributed by atoms with Crippen LogP contribution in [-0.2, 0) is 13.5 Å². The van der Waals surface area contributed by atoms with Crippen LogP contribution in [-0.4, -0.2) is 15.5 Å². The summed E-state index contributed by atoms with van der Waals surface area (Å²) in [6.45, 7) is 2.07. The van der Waals surface area contributed by atoms with Crippen molar-refractivity contribution >= 4 is 11.4 Å². The Balaban J connectivity index is 2.04. The van der Waals surface area contributed by atoms with Gasteiger partial charge in [-0.1, -0.05) is 6.07 Å². The summed E-state index contributed by atoms with van der Waals surface area (Å²) < 4.78 is 1.82. The third-order valence-electron chi connectivity index (χ3n) is 2.88. The van der Waals surface area contributed by atoms with Crippen molar-refractivity contribution in [2.75, 3.05) is 0 Å². The summed E-state index contributed by atoms with van der Waals surface area (Å²) in [5.41, 5.74) is 6.01. The molecule has 0 aliphatic carbocycles. The second-order valence-electron chi connectivity index (χ2n) is 4.27. The molecular formula is C13H13N3. The van der Waals surface area contributed by atoms with Crippen molar-refractivity contribution in [3.63, 3.8) is 0 Å². The first-order valence-corrected chi connectivity index (χ1v) is 5.38. The number of nitrogens with zero attached hydrogens (tertiary/aromatic N) is 3. The topological polar surface area (TPSA) is 30.2 Å². The van der Waals surface area contributed by atoms with Gasteiger partial charge in [0, 0.05) is 30.9 Å². The predicted octanol–water partition coefficient (Wildman–Crippen LogP) is 2.74. The van der Waals surface area contributed by atoms with Crippen LogP contribution in [0.4, 0.5) is 5.69 Å². The van der Waals surface area contributed by atoms with Crippen LogP contribution in [0.15, 0.2) is 35.6 Å². The fraction of sp³-hybridized carbons (Fsp3) is 0.231. The lowest BCUT2D eigenvalue weighted by Crippen LogP contribution is -1.89. The smallest absolute Gasteiger partial charge is 0.0665 e. The van der Waals surface area contributed by atoms with Crippen molar-refractivity contribution in [2.24, 2.45) is 12.0 Å². The molecule has 3 rings (SSSR count). The zero-order valence-corrected chi connectivity index (χ0v) is 9.44. The number of hydrogen-bond donors (Lipinski definition) is 0. The standard InChI is InChI=1S/C13H13N3/c1-9-5-11-6-10(3-4-13(11)15-9)12-7-14-16(2)8-12/h3-4,6-8H,5H2,1-2H3. The van der Waals surface area contributed by atoms with Crippen LogP contribution in [0.5, 0.6) is 0 Å². The van der Waals surface area contributed by atoms with Gasteiger partial charge in [0.1, 0.15) is 0 Å². The van der Waals surface area contributed by atoms with E-state index in [1.54, 1.807) is 0 Å². The molecule has 1 aromatic carbocycles. The first-order valence-electron chi connectivity index (χ1n) is 5.38. The van der Waals surface area contributed by atoms with Gasteiger partial charge in [-0.25, -0.2) is 0 Å². The minimum Gasteiger partial charge on any atom is -0.275 e. The first kappa shape index (κ1) is 9.33. The summed E-state index contributed by atoms with van der Waals surface area (Å²) in [6, 6.07) is 6.42. The number of benzene rings is 1. The largest absolute Gasteiger partial charge is 0.275 e. The normalized spacial score (nSPS) is 13.8. The lowest BCUT2D eigenvalue weighted by atomic mass is 10.0. The average molecular weight is 211 g/mol. The van der Waals surface area contributed by atoms with Crippen molar-refractivity contribution in [2.45, 2.75) is 13.3 Å². The third-order valence-corrected chi connectivity index (χ3v) is 2.88. The van der Waals surface area contributed by atoms with Crippen LogP contribution in [0.25, 0.3) is 11.1 Å². The summed E-state index contributed by atoms with van der Waals surface area (Å²) in [7, 11) is 1.93. The quantitative estimate of drug-likeness (QED) is 0.713. The van der Waals surface area contributed by atoms with E-state index in [1.165, 1.54) is 16.8 Å². The molecule has 0 fully saturated rings. The van der Waals surface area contributed by atoms with Crippen LogP contribution in [0, 0.1) is 0 Å². The summed E-state index contributed by atoms with van der Waals surface area (Å²) in [5, 5.41) is 4.19. The summed E-state index contributed by atoms with van der Waals surface area (Å²) in [5.74, 6) is 0. The van der Waals surface area contributed by atoms with Crippen LogP contribution in [0.1, 0.15) is 12.5 Å². The minimum atomic E-state index is 0.976. The number of rotatable bonds is 1. The SMILES string of the molecule is CC1=Nc2ccc(-c3cnn(C)c3)cc2C1. The minimum absolute atomic E-state index is 0.976. The van der Waals surface area contributed by atoms with Gasteiger partial charge in [-0.2, -0.15) is 5.10 Å². The van der Waals surface area contributed by atoms with Crippen molar-refractivity contribution < 1.29 is 0 Å². The Bertz CT molecular complexity index is 579. The Hall–Kier alpha value is -1.90. The Morgan fingerprint density at radius 2 is 2.12 bits per heavy atom. The van der Waals surface area contributed by atoms with E-state index in [0.29, 0.717) is 0 Å². The molecule has 2 heterocycles. The fourth-order valence-electron chi connectivity index (χ4n) is 2.11. The maximum Gasteiger partial charge on any atom is 0.0665 e. The predicted molar refractivity (Wildman–Crippen MR) is 65.1 cm³/mol. The number of fused-ring (bicyclic) bond motifs is 1. The molecule has 0 bridgehead atoms. The maximum absolute atomic E-state index is 4.49. The van der Waals surface area contributed by atoms with Crippen molar-refractivity contribution in [3.8, 4) is 11.1 Å². The molecule has 1 aliphatic heterocycles. The van der Waals surface area contributed by atoms with Crippen molar-refractivity contribution in [1.29, 1.82) is 0 Å². The Morgan fingerprint density at radius 1 is 1.25 bits per heavy atom. The van der Waals surface area contributed by atoms with E-state index in [0.717, 1.165) is 17.7 Å². The highest BCUT2D eigenvalue weighted by molar-refractivity contribution is 5.92. The number of aromatic nitrogens is 2. The molecule has 0 saturated carbocycles. The van der Waals surface area contributed by atoms with Gasteiger partial charge in [0.05, 0.1) is 11.9 Å². The van der Waals surface area contributed by atoms with E-state index < -0.39 is 0 Å². The van der Waals surface area contributed by atoms with E-state index in [9.17, 15) is 0 Å². The number of hydrogen-bond acceptors (Lipinski definition) is 2. The van der Waals surface area contributed by atoms with Gasteiger partial charge in [0.2, 0.25) is 0 Å². The monoisotopic (exact) mass is 211 g/mol. The van der Waals surface area contributed by atoms with Gasteiger partial charge in [0.15, 0.2) is 0 Å².